The van der Waals surface area contributed by atoms with Crippen molar-refractivity contribution in [3.8, 4) is 0 Å². The minimum atomic E-state index is -1.52. The van der Waals surface area contributed by atoms with Gasteiger partial charge in [-0.2, -0.15) is 0 Å². The summed E-state index contributed by atoms with van der Waals surface area (Å²) in [4.78, 5) is 33.2. The van der Waals surface area contributed by atoms with Crippen LogP contribution in [0.3, 0.4) is 0 Å². The quantitative estimate of drug-likeness (QED) is 0.118. The minimum absolute atomic E-state index is 0.0484. The molecule has 0 radical (unpaired) electrons. The first-order valence-corrected chi connectivity index (χ1v) is 10.7. The number of aliphatic hydroxyl groups excluding tert-OH is 1. The zero-order valence-corrected chi connectivity index (χ0v) is 19.6. The average Bonchev–Trinajstić information content (AvgIpc) is 2.68. The Morgan fingerprint density at radius 1 is 1.26 bits per heavy atom. The molecule has 31 heavy (non-hydrogen) atoms. The smallest absolute Gasteiger partial charge is 0.407 e. The zero-order chi connectivity index (χ0) is 23.7. The van der Waals surface area contributed by atoms with Crippen LogP contribution in [0.4, 0.5) is 4.79 Å². The second-order valence-corrected chi connectivity index (χ2v) is 9.93. The monoisotopic (exact) mass is 445 g/mol. The first kappa shape index (κ1) is 27.1. The molecule has 3 unspecified atom stereocenters. The largest absolute Gasteiger partial charge is 0.481 e. The van der Waals surface area contributed by atoms with Crippen molar-refractivity contribution in [2.75, 3.05) is 26.5 Å². The van der Waals surface area contributed by atoms with Gasteiger partial charge in [0, 0.05) is 12.6 Å². The normalized spacial score (nSPS) is 25.4. The summed E-state index contributed by atoms with van der Waals surface area (Å²) < 4.78 is 5.04. The fraction of sp³-hybridized carbons (Fsp3) is 0.857. The highest BCUT2D eigenvalue weighted by atomic mass is 17.3. The van der Waals surface area contributed by atoms with Gasteiger partial charge in [-0.15, -0.1) is 4.89 Å². The van der Waals surface area contributed by atoms with E-state index in [0.717, 1.165) is 31.4 Å². The van der Waals surface area contributed by atoms with Crippen molar-refractivity contribution in [1.29, 1.82) is 0 Å². The molecule has 1 rings (SSSR count). The van der Waals surface area contributed by atoms with Gasteiger partial charge < -0.3 is 20.3 Å². The number of rotatable bonds is 12. The molecule has 1 fully saturated rings. The number of oxime groups is 1. The molecule has 3 atom stereocenters. The van der Waals surface area contributed by atoms with Crippen molar-refractivity contribution in [3.05, 3.63) is 0 Å². The third kappa shape index (κ3) is 9.40. The van der Waals surface area contributed by atoms with Gasteiger partial charge in [0.15, 0.2) is 0 Å². The van der Waals surface area contributed by atoms with Crippen LogP contribution in [-0.4, -0.2) is 60.5 Å². The molecule has 0 aliphatic heterocycles. The number of carbonyl (C=O) groups excluding carboxylic acids is 1. The number of hydrogen-bond donors (Lipinski definition) is 4. The lowest BCUT2D eigenvalue weighted by molar-refractivity contribution is -0.301. The van der Waals surface area contributed by atoms with Gasteiger partial charge in [-0.1, -0.05) is 32.9 Å². The third-order valence-corrected chi connectivity index (χ3v) is 5.68. The predicted octanol–water partition coefficient (Wildman–Crippen LogP) is 2.66. The van der Waals surface area contributed by atoms with Gasteiger partial charge in [0.2, 0.25) is 0 Å². The molecule has 0 spiro atoms. The number of amides is 1. The number of aliphatic hydroxyl groups is 1. The predicted molar refractivity (Wildman–Crippen MR) is 115 cm³/mol. The Morgan fingerprint density at radius 2 is 1.94 bits per heavy atom. The van der Waals surface area contributed by atoms with Gasteiger partial charge in [-0.25, -0.2) is 9.78 Å². The molecule has 10 nitrogen and oxygen atoms in total. The zero-order valence-electron chi connectivity index (χ0n) is 19.6. The van der Waals surface area contributed by atoms with Gasteiger partial charge in [0.05, 0.1) is 12.3 Å². The number of ether oxygens (including phenoxy) is 1. The Hall–Kier alpha value is -1.91. The SMILES string of the molecule is CCC(C)=NOOCNC1CC(C)(C)CC(C)(CNC(=O)OCC(C)(CO)C(=O)O)C1. The van der Waals surface area contributed by atoms with E-state index in [2.05, 4.69) is 36.6 Å². The molecule has 10 heteroatoms. The van der Waals surface area contributed by atoms with Gasteiger partial charge in [0.25, 0.3) is 0 Å². The highest BCUT2D eigenvalue weighted by molar-refractivity contribution is 5.80. The second kappa shape index (κ2) is 11.6. The van der Waals surface area contributed by atoms with Crippen LogP contribution in [0, 0.1) is 16.2 Å². The lowest BCUT2D eigenvalue weighted by Crippen LogP contribution is -2.49. The van der Waals surface area contributed by atoms with Gasteiger partial charge in [-0.05, 0) is 50.4 Å². The van der Waals surface area contributed by atoms with E-state index in [9.17, 15) is 14.7 Å². The van der Waals surface area contributed by atoms with Crippen LogP contribution in [0.15, 0.2) is 5.16 Å². The van der Waals surface area contributed by atoms with Crippen LogP contribution >= 0.6 is 0 Å². The van der Waals surface area contributed by atoms with E-state index < -0.39 is 30.7 Å². The molecule has 1 aliphatic rings. The molecule has 0 aromatic carbocycles. The van der Waals surface area contributed by atoms with Crippen LogP contribution < -0.4 is 10.6 Å². The molecule has 1 amide bonds. The van der Waals surface area contributed by atoms with Crippen LogP contribution in [0.25, 0.3) is 0 Å². The van der Waals surface area contributed by atoms with Gasteiger partial charge in [0.1, 0.15) is 18.8 Å². The molecule has 0 aromatic rings. The highest BCUT2D eigenvalue weighted by Crippen LogP contribution is 2.45. The fourth-order valence-corrected chi connectivity index (χ4v) is 3.98. The Labute approximate surface area is 184 Å². The number of carboxylic acids is 1. The maximum atomic E-state index is 12.1. The molecule has 0 saturated heterocycles. The van der Waals surface area contributed by atoms with E-state index in [1.54, 1.807) is 0 Å². The molecular formula is C21H39N3O7. The summed E-state index contributed by atoms with van der Waals surface area (Å²) in [5.74, 6) is -1.22. The maximum absolute atomic E-state index is 12.1. The molecule has 0 heterocycles. The molecule has 1 saturated carbocycles. The van der Waals surface area contributed by atoms with Crippen molar-refractivity contribution in [1.82, 2.24) is 10.6 Å². The average molecular weight is 446 g/mol. The third-order valence-electron chi connectivity index (χ3n) is 5.68. The summed E-state index contributed by atoms with van der Waals surface area (Å²) in [6, 6.07) is 0.163. The topological polar surface area (TPSA) is 139 Å². The van der Waals surface area contributed by atoms with Crippen molar-refractivity contribution >= 4 is 17.8 Å². The van der Waals surface area contributed by atoms with Crippen molar-refractivity contribution in [2.45, 2.75) is 73.3 Å². The molecule has 0 aromatic heterocycles. The van der Waals surface area contributed by atoms with E-state index >= 15 is 0 Å². The van der Waals surface area contributed by atoms with Gasteiger partial charge in [-0.3, -0.25) is 10.1 Å². The van der Waals surface area contributed by atoms with Crippen molar-refractivity contribution < 1.29 is 34.4 Å². The standard InChI is InChI=1S/C21H39N3O7/c1-7-15(2)24-31-30-14-23-16-8-19(3,4)10-20(5,9-16)11-22-18(28)29-13-21(6,12-25)17(26)27/h16,23,25H,7-14H2,1-6H3,(H,22,28)(H,26,27). The van der Waals surface area contributed by atoms with Crippen molar-refractivity contribution in [2.24, 2.45) is 21.4 Å². The van der Waals surface area contributed by atoms with Crippen LogP contribution in [0.1, 0.15) is 67.2 Å². The number of carbonyl (C=O) groups is 2. The van der Waals surface area contributed by atoms with E-state index in [4.69, 9.17) is 19.7 Å². The van der Waals surface area contributed by atoms with Crippen LogP contribution in [-0.2, 0) is 19.4 Å². The molecule has 180 valence electrons. The van der Waals surface area contributed by atoms with Crippen molar-refractivity contribution in [3.63, 3.8) is 0 Å². The molecule has 4 N–H and O–H groups in total. The Morgan fingerprint density at radius 3 is 2.52 bits per heavy atom. The lowest BCUT2D eigenvalue weighted by Gasteiger charge is -2.46. The number of hydrogen-bond acceptors (Lipinski definition) is 8. The fourth-order valence-electron chi connectivity index (χ4n) is 3.98. The minimum Gasteiger partial charge on any atom is -0.481 e. The Kier molecular flexibility index (Phi) is 10.2. The Balaban J connectivity index is 2.54. The summed E-state index contributed by atoms with van der Waals surface area (Å²) in [5, 5.41) is 28.3. The van der Waals surface area contributed by atoms with E-state index in [0.29, 0.717) is 6.54 Å². The van der Waals surface area contributed by atoms with Crippen LogP contribution in [0.2, 0.25) is 0 Å². The summed E-state index contributed by atoms with van der Waals surface area (Å²) in [5.41, 5.74) is -0.826. The van der Waals surface area contributed by atoms with E-state index in [-0.39, 0.29) is 23.6 Å². The number of nitrogens with zero attached hydrogens (tertiary/aromatic N) is 1. The van der Waals surface area contributed by atoms with E-state index in [1.807, 2.05) is 13.8 Å². The van der Waals surface area contributed by atoms with Crippen LogP contribution in [0.5, 0.6) is 0 Å². The Bertz CT molecular complexity index is 640. The van der Waals surface area contributed by atoms with Gasteiger partial charge >= 0.3 is 12.1 Å². The van der Waals surface area contributed by atoms with E-state index in [1.165, 1.54) is 6.92 Å². The molecular weight excluding hydrogens is 406 g/mol. The number of aliphatic carboxylic acids is 1. The first-order chi connectivity index (χ1) is 14.3. The second-order valence-electron chi connectivity index (χ2n) is 9.93. The number of alkyl carbamates (subject to hydrolysis) is 1. The summed E-state index contributed by atoms with van der Waals surface area (Å²) in [6.45, 7) is 11.2. The summed E-state index contributed by atoms with van der Waals surface area (Å²) in [6.07, 6.45) is 2.74. The highest BCUT2D eigenvalue weighted by Gasteiger charge is 2.41. The molecule has 1 aliphatic carbocycles. The first-order valence-electron chi connectivity index (χ1n) is 10.7. The maximum Gasteiger partial charge on any atom is 0.407 e. The molecule has 0 bridgehead atoms. The number of carboxylic acid groups (broad SMARTS) is 1. The number of nitrogens with one attached hydrogen (secondary N) is 2. The lowest BCUT2D eigenvalue weighted by atomic mass is 9.62. The summed E-state index contributed by atoms with van der Waals surface area (Å²) >= 11 is 0. The summed E-state index contributed by atoms with van der Waals surface area (Å²) in [7, 11) is 0.